The number of aliphatic hydroxyl groups is 1. The summed E-state index contributed by atoms with van der Waals surface area (Å²) in [7, 11) is 6.39. The van der Waals surface area contributed by atoms with Gasteiger partial charge in [0.25, 0.3) is 0 Å². The van der Waals surface area contributed by atoms with E-state index in [1.54, 1.807) is 4.90 Å². The highest BCUT2D eigenvalue weighted by Crippen LogP contribution is 2.87. The second kappa shape index (κ2) is 6.62. The minimum atomic E-state index is -0.334. The van der Waals surface area contributed by atoms with E-state index >= 15 is 0 Å². The second-order valence-corrected chi connectivity index (χ2v) is 13.8. The van der Waals surface area contributed by atoms with E-state index in [4.69, 9.17) is 0 Å². The first-order valence-corrected chi connectivity index (χ1v) is 13.0. The number of hydrogen-bond acceptors (Lipinski definition) is 3. The van der Waals surface area contributed by atoms with E-state index in [9.17, 15) is 9.90 Å². The number of carbonyl (C=O) groups is 1. The Morgan fingerprint density at radius 1 is 0.969 bits per heavy atom. The molecule has 0 saturated heterocycles. The summed E-state index contributed by atoms with van der Waals surface area (Å²) in [5.41, 5.74) is 1.30. The molecule has 0 heterocycles. The molecule has 0 bridgehead atoms. The van der Waals surface area contributed by atoms with Crippen LogP contribution in [0.1, 0.15) is 73.1 Å². The lowest BCUT2D eigenvalue weighted by Crippen LogP contribution is -2.58. The van der Waals surface area contributed by atoms with Crippen molar-refractivity contribution >= 4 is 6.41 Å². The second-order valence-electron chi connectivity index (χ2n) is 13.8. The van der Waals surface area contributed by atoms with E-state index in [2.05, 4.69) is 65.8 Å². The minimum Gasteiger partial charge on any atom is -0.393 e. The Morgan fingerprint density at radius 2 is 1.59 bits per heavy atom. The molecule has 0 aromatic rings. The topological polar surface area (TPSA) is 43.8 Å². The van der Waals surface area contributed by atoms with Crippen LogP contribution in [-0.4, -0.2) is 60.6 Å². The van der Waals surface area contributed by atoms with Crippen LogP contribution in [0.5, 0.6) is 0 Å². The Hall–Kier alpha value is -0.870. The van der Waals surface area contributed by atoms with Crippen molar-refractivity contribution in [2.24, 2.45) is 44.8 Å². The zero-order valence-electron chi connectivity index (χ0n) is 21.7. The van der Waals surface area contributed by atoms with Gasteiger partial charge >= 0.3 is 0 Å². The van der Waals surface area contributed by atoms with Crippen molar-refractivity contribution in [3.63, 3.8) is 0 Å². The average Bonchev–Trinajstić information content (AvgIpc) is 3.31. The van der Waals surface area contributed by atoms with E-state index in [1.807, 2.05) is 7.05 Å². The number of carbonyl (C=O) groups excluding carboxylic acids is 1. The first-order valence-electron chi connectivity index (χ1n) is 13.0. The van der Waals surface area contributed by atoms with Crippen LogP contribution in [0, 0.1) is 44.8 Å². The Balaban J connectivity index is 1.54. The Morgan fingerprint density at radius 3 is 2.22 bits per heavy atom. The van der Waals surface area contributed by atoms with E-state index in [1.165, 1.54) is 32.1 Å². The molecule has 0 unspecified atom stereocenters. The molecule has 5 aliphatic rings. The molecule has 0 aromatic carbocycles. The highest BCUT2D eigenvalue weighted by atomic mass is 16.3. The van der Waals surface area contributed by atoms with E-state index in [-0.39, 0.29) is 34.3 Å². The van der Waals surface area contributed by atoms with Crippen LogP contribution >= 0.6 is 0 Å². The molecule has 10 atom stereocenters. The molecule has 5 rings (SSSR count). The lowest BCUT2D eigenvalue weighted by Gasteiger charge is -2.62. The van der Waals surface area contributed by atoms with Gasteiger partial charge in [-0.25, -0.2) is 0 Å². The molecule has 4 fully saturated rings. The van der Waals surface area contributed by atoms with E-state index in [0.29, 0.717) is 28.7 Å². The van der Waals surface area contributed by atoms with Crippen LogP contribution in [0.25, 0.3) is 0 Å². The molecule has 32 heavy (non-hydrogen) atoms. The highest BCUT2D eigenvalue weighted by molar-refractivity contribution is 5.47. The Labute approximate surface area is 195 Å². The van der Waals surface area contributed by atoms with E-state index in [0.717, 1.165) is 12.8 Å². The van der Waals surface area contributed by atoms with Gasteiger partial charge < -0.3 is 14.9 Å². The molecule has 0 radical (unpaired) electrons. The maximum absolute atomic E-state index is 11.6. The molecule has 0 aromatic heterocycles. The lowest BCUT2D eigenvalue weighted by atomic mass is 9.43. The van der Waals surface area contributed by atoms with Crippen LogP contribution in [0.15, 0.2) is 12.2 Å². The minimum absolute atomic E-state index is 0.0519. The molecule has 5 aliphatic carbocycles. The highest BCUT2D eigenvalue weighted by Gasteiger charge is 2.82. The number of amides is 1. The average molecular weight is 443 g/mol. The van der Waals surface area contributed by atoms with Gasteiger partial charge in [-0.15, -0.1) is 0 Å². The van der Waals surface area contributed by atoms with Crippen molar-refractivity contribution < 1.29 is 9.90 Å². The molecular weight excluding hydrogens is 396 g/mol. The summed E-state index contributed by atoms with van der Waals surface area (Å²) in [5.74, 6) is 1.34. The molecule has 180 valence electrons. The standard InChI is InChI=1S/C28H46N2O2/c1-18(30(8)17-31)23-19(32)15-26(5)21-10-9-20-24(2,3)22(29(6)7)11-12-27(20)16-28(21,27)14-13-25(23,26)4/h9-10,17-23,32H,11-16H2,1-8H3/t18-,19-,20-,21-,22-,23+,25-,26+,27-,28+/m1/s1. The summed E-state index contributed by atoms with van der Waals surface area (Å²) in [6, 6.07) is 0.699. The van der Waals surface area contributed by atoms with Gasteiger partial charge in [0, 0.05) is 25.0 Å². The summed E-state index contributed by atoms with van der Waals surface area (Å²) in [6.45, 7) is 12.1. The summed E-state index contributed by atoms with van der Waals surface area (Å²) < 4.78 is 0. The maximum Gasteiger partial charge on any atom is 0.209 e. The van der Waals surface area contributed by atoms with Crippen molar-refractivity contribution in [3.05, 3.63) is 12.2 Å². The first-order chi connectivity index (χ1) is 14.8. The smallest absolute Gasteiger partial charge is 0.209 e. The van der Waals surface area contributed by atoms with Gasteiger partial charge in [0.15, 0.2) is 0 Å². The van der Waals surface area contributed by atoms with Crippen LogP contribution in [0.2, 0.25) is 0 Å². The zero-order chi connectivity index (χ0) is 23.5. The van der Waals surface area contributed by atoms with Crippen molar-refractivity contribution in [1.82, 2.24) is 9.80 Å². The summed E-state index contributed by atoms with van der Waals surface area (Å²) in [4.78, 5) is 15.8. The van der Waals surface area contributed by atoms with Gasteiger partial charge in [-0.2, -0.15) is 0 Å². The molecule has 1 amide bonds. The molecule has 4 saturated carbocycles. The lowest BCUT2D eigenvalue weighted by molar-refractivity contribution is -0.127. The summed E-state index contributed by atoms with van der Waals surface area (Å²) >= 11 is 0. The van der Waals surface area contributed by atoms with Crippen LogP contribution in [0.3, 0.4) is 0 Å². The quantitative estimate of drug-likeness (QED) is 0.512. The van der Waals surface area contributed by atoms with Crippen molar-refractivity contribution in [3.8, 4) is 0 Å². The number of hydrogen-bond donors (Lipinski definition) is 1. The molecule has 4 nitrogen and oxygen atoms in total. The maximum atomic E-state index is 11.6. The predicted octanol–water partition coefficient (Wildman–Crippen LogP) is 4.58. The number of rotatable bonds is 4. The van der Waals surface area contributed by atoms with Crippen LogP contribution < -0.4 is 0 Å². The number of fused-ring (bicyclic) bond motifs is 2. The SMILES string of the molecule is C[C@H]([C@H]1[C@H](O)C[C@@]2(C)[C@H]3C=C[C@@H]4C(C)(C)[C@H](N(C)C)CC[C@@]45C[C@@]35CC[C@]12C)N(C)C=O. The van der Waals surface area contributed by atoms with Gasteiger partial charge in [-0.05, 0) is 98.5 Å². The zero-order valence-corrected chi connectivity index (χ0v) is 21.7. The fraction of sp³-hybridized carbons (Fsp3) is 0.893. The van der Waals surface area contributed by atoms with Crippen molar-refractivity contribution in [1.29, 1.82) is 0 Å². The van der Waals surface area contributed by atoms with Gasteiger partial charge in [0.05, 0.1) is 6.10 Å². The predicted molar refractivity (Wildman–Crippen MR) is 129 cm³/mol. The van der Waals surface area contributed by atoms with Gasteiger partial charge in [0.1, 0.15) is 0 Å². The third-order valence-corrected chi connectivity index (χ3v) is 12.5. The fourth-order valence-electron chi connectivity index (χ4n) is 10.8. The van der Waals surface area contributed by atoms with Crippen LogP contribution in [-0.2, 0) is 4.79 Å². The van der Waals surface area contributed by atoms with E-state index < -0.39 is 0 Å². The molecule has 2 spiro atoms. The molecular formula is C28H46N2O2. The Bertz CT molecular complexity index is 837. The number of nitrogens with zero attached hydrogens (tertiary/aromatic N) is 2. The normalized spacial score (nSPS) is 53.6. The molecule has 0 aliphatic heterocycles. The molecule has 1 N–H and O–H groups in total. The first kappa shape index (κ1) is 22.9. The molecule has 4 heteroatoms. The van der Waals surface area contributed by atoms with Gasteiger partial charge in [-0.3, -0.25) is 4.79 Å². The number of aliphatic hydroxyl groups excluding tert-OH is 1. The van der Waals surface area contributed by atoms with Gasteiger partial charge in [0.2, 0.25) is 6.41 Å². The number of allylic oxidation sites excluding steroid dienone is 2. The summed E-state index contributed by atoms with van der Waals surface area (Å²) in [6.07, 6.45) is 13.2. The fourth-order valence-corrected chi connectivity index (χ4v) is 10.8. The van der Waals surface area contributed by atoms with Crippen molar-refractivity contribution in [2.75, 3.05) is 21.1 Å². The largest absolute Gasteiger partial charge is 0.393 e. The van der Waals surface area contributed by atoms with Gasteiger partial charge in [-0.1, -0.05) is 39.8 Å². The summed E-state index contributed by atoms with van der Waals surface area (Å²) in [5, 5.41) is 11.4. The third kappa shape index (κ3) is 2.39. The monoisotopic (exact) mass is 442 g/mol. The van der Waals surface area contributed by atoms with Crippen molar-refractivity contribution in [2.45, 2.75) is 91.3 Å². The Kier molecular flexibility index (Phi) is 4.74. The third-order valence-electron chi connectivity index (χ3n) is 12.5. The van der Waals surface area contributed by atoms with Crippen LogP contribution in [0.4, 0.5) is 0 Å².